The maximum atomic E-state index is 15.0. The van der Waals surface area contributed by atoms with Gasteiger partial charge in [0.25, 0.3) is 0 Å². The minimum Gasteiger partial charge on any atom is -0.504 e. The number of hydrogen-bond donors (Lipinski definition) is 3. The minimum atomic E-state index is -3.52. The summed E-state index contributed by atoms with van der Waals surface area (Å²) in [5.41, 5.74) is 2.31. The Bertz CT molecular complexity index is 1680. The van der Waals surface area contributed by atoms with E-state index in [0.29, 0.717) is 64.2 Å². The number of hydrogen-bond acceptors (Lipinski definition) is 15. The number of rotatable bonds is 4. The van der Waals surface area contributed by atoms with Gasteiger partial charge in [0.15, 0.2) is 29.8 Å². The summed E-state index contributed by atoms with van der Waals surface area (Å²) < 4.78 is 66.1. The van der Waals surface area contributed by atoms with Gasteiger partial charge in [-0.3, -0.25) is 0 Å². The second kappa shape index (κ2) is 17.9. The number of quaternary nitrogens is 1. The topological polar surface area (TPSA) is 212 Å². The number of carbonyl (C=O) groups excluding carboxylic acids is 3. The lowest BCUT2D eigenvalue weighted by Crippen LogP contribution is -2.68. The van der Waals surface area contributed by atoms with E-state index in [1.165, 1.54) is 0 Å². The van der Waals surface area contributed by atoms with Crippen molar-refractivity contribution in [2.24, 2.45) is 28.6 Å². The molecule has 17 heteroatoms. The van der Waals surface area contributed by atoms with Gasteiger partial charge in [0.2, 0.25) is 0 Å². The van der Waals surface area contributed by atoms with Gasteiger partial charge in [0, 0.05) is 41.4 Å². The molecule has 4 unspecified atom stereocenters. The summed E-state index contributed by atoms with van der Waals surface area (Å²) in [5.74, 6) is -7.04. The van der Waals surface area contributed by atoms with Gasteiger partial charge in [-0.2, -0.15) is 0 Å². The molecule has 7 heterocycles. The van der Waals surface area contributed by atoms with Gasteiger partial charge in [0.05, 0.1) is 36.6 Å². The maximum absolute atomic E-state index is 15.0. The standard InChI is InChI=1S/C45H73BNO15/c1-24(2)36(47)39(50)54-27(5)30-16-12-11-13-17-32(48)42(7,8)34-21-19-26(4)45(57-34)38-41(52)56-31-23-29(53-28(31)6)15-14-18-33(49)43(9,10)35-22-20-25(3)44(58-35)37(40(51)55-30)59-46(60-38,61-44)62-45/h11-12,24-38,48-49H,13-23,47H2,1-10H3/q-1/p+1/b12-11-/t25-,26-,27-,28-,29-,30-,31+,32+,33-,34+,35+,36-,37?,38?,44+,45?,46?/m1/s1. The minimum absolute atomic E-state index is 0.0893. The summed E-state index contributed by atoms with van der Waals surface area (Å²) in [7, 11) is 0. The van der Waals surface area contributed by atoms with Crippen molar-refractivity contribution >= 4 is 24.9 Å². The highest BCUT2D eigenvalue weighted by Crippen LogP contribution is 2.57. The zero-order valence-corrected chi connectivity index (χ0v) is 38.6. The van der Waals surface area contributed by atoms with E-state index in [2.05, 4.69) is 5.73 Å². The summed E-state index contributed by atoms with van der Waals surface area (Å²) in [5, 5.41) is 23.6. The van der Waals surface area contributed by atoms with E-state index in [4.69, 9.17) is 47.0 Å². The summed E-state index contributed by atoms with van der Waals surface area (Å²) in [6.45, 7) is 15.3. The molecule has 352 valence electrons. The molecule has 0 aromatic heterocycles. The summed E-state index contributed by atoms with van der Waals surface area (Å²) in [6.07, 6.45) is -0.138. The van der Waals surface area contributed by atoms with Gasteiger partial charge in [-0.1, -0.05) is 67.5 Å². The SMILES string of the molecule is CC(C)[C@@H]([NH3+])C(=O)O[C@H](C)[C@H]1C/C=C\CC[C@H](O)C(C)(C)[C@@H]2CC[C@@H](C)C3(O2)O[B-]24OC3C(=O)O[C@H]3C[C@@H](CCC[C@@H](O)C(C)(C)[C@@H]5CC[C@@H](C)[C@](O5)(O2)C(O4)C(=O)O1)O[C@@H]3C. The normalized spacial score (nSPS) is 46.3. The fourth-order valence-corrected chi connectivity index (χ4v) is 10.6. The van der Waals surface area contributed by atoms with Crippen molar-refractivity contribution in [1.82, 2.24) is 0 Å². The van der Waals surface area contributed by atoms with Crippen LogP contribution in [-0.4, -0.2) is 120 Å². The zero-order chi connectivity index (χ0) is 45.2. The fourth-order valence-electron chi connectivity index (χ4n) is 10.6. The number of fused-ring (bicyclic) bond motifs is 6. The van der Waals surface area contributed by atoms with Crippen LogP contribution in [0.5, 0.6) is 0 Å². The van der Waals surface area contributed by atoms with Gasteiger partial charge >= 0.3 is 24.9 Å². The van der Waals surface area contributed by atoms with Gasteiger partial charge < -0.3 is 63.0 Å². The van der Waals surface area contributed by atoms with E-state index < -0.39 is 126 Å². The fraction of sp³-hybridized carbons (Fsp3) is 0.889. The van der Waals surface area contributed by atoms with E-state index in [9.17, 15) is 19.8 Å². The Balaban J connectivity index is 1.36. The molecule has 7 aliphatic rings. The van der Waals surface area contributed by atoms with Crippen LogP contribution >= 0.6 is 0 Å². The Morgan fingerprint density at radius 1 is 0.790 bits per heavy atom. The van der Waals surface area contributed by atoms with Crippen LogP contribution in [0.2, 0.25) is 0 Å². The summed E-state index contributed by atoms with van der Waals surface area (Å²) >= 11 is 0. The van der Waals surface area contributed by atoms with E-state index in [1.807, 2.05) is 74.5 Å². The van der Waals surface area contributed by atoms with E-state index in [0.717, 1.165) is 0 Å². The predicted molar refractivity (Wildman–Crippen MR) is 222 cm³/mol. The molecule has 0 amide bonds. The van der Waals surface area contributed by atoms with E-state index in [-0.39, 0.29) is 18.4 Å². The molecule has 17 atom stereocenters. The van der Waals surface area contributed by atoms with Crippen LogP contribution in [0.25, 0.3) is 0 Å². The van der Waals surface area contributed by atoms with E-state index >= 15 is 4.79 Å². The summed E-state index contributed by atoms with van der Waals surface area (Å²) in [6, 6.07) is -0.652. The van der Waals surface area contributed by atoms with Crippen LogP contribution in [0, 0.1) is 28.6 Å². The van der Waals surface area contributed by atoms with Gasteiger partial charge in [-0.05, 0) is 71.6 Å². The predicted octanol–water partition coefficient (Wildman–Crippen LogP) is 4.17. The first kappa shape index (κ1) is 47.8. The molecular formula is C45H74BNO15. The Labute approximate surface area is 366 Å². The maximum Gasteiger partial charge on any atom is 0.536 e. The van der Waals surface area contributed by atoms with Gasteiger partial charge in [0.1, 0.15) is 18.3 Å². The second-order valence-corrected chi connectivity index (χ2v) is 21.0. The van der Waals surface area contributed by atoms with Crippen molar-refractivity contribution in [3.63, 3.8) is 0 Å². The molecule has 0 aliphatic carbocycles. The lowest BCUT2D eigenvalue weighted by atomic mass is 9.73. The number of aliphatic hydroxyl groups is 2. The first-order valence-electron chi connectivity index (χ1n) is 23.4. The Morgan fingerprint density at radius 3 is 1.90 bits per heavy atom. The van der Waals surface area contributed by atoms with Crippen LogP contribution in [0.4, 0.5) is 0 Å². The number of esters is 3. The number of carbonyl (C=O) groups is 3. The number of allylic oxidation sites excluding steroid dienone is 1. The van der Waals surface area contributed by atoms with Gasteiger partial charge in [-0.25, -0.2) is 14.4 Å². The van der Waals surface area contributed by atoms with Crippen molar-refractivity contribution in [1.29, 1.82) is 0 Å². The highest BCUT2D eigenvalue weighted by Gasteiger charge is 2.73. The zero-order valence-electron chi connectivity index (χ0n) is 38.6. The third-order valence-corrected chi connectivity index (χ3v) is 15.6. The average Bonchev–Trinajstić information content (AvgIpc) is 3.84. The molecule has 7 rings (SSSR count). The van der Waals surface area contributed by atoms with Crippen molar-refractivity contribution < 1.29 is 77.4 Å². The second-order valence-electron chi connectivity index (χ2n) is 21.0. The molecule has 16 nitrogen and oxygen atoms in total. The molecule has 6 saturated heterocycles. The molecule has 0 radical (unpaired) electrons. The first-order chi connectivity index (χ1) is 29.0. The molecule has 7 aliphatic heterocycles. The molecule has 3 spiro atoms. The van der Waals surface area contributed by atoms with Crippen LogP contribution in [0.15, 0.2) is 12.2 Å². The lowest BCUT2D eigenvalue weighted by molar-refractivity contribution is -0.419. The summed E-state index contributed by atoms with van der Waals surface area (Å²) in [4.78, 5) is 43.0. The van der Waals surface area contributed by atoms with Crippen LogP contribution in [0.3, 0.4) is 0 Å². The van der Waals surface area contributed by atoms with Crippen LogP contribution in [0.1, 0.15) is 140 Å². The van der Waals surface area contributed by atoms with Crippen molar-refractivity contribution in [3.05, 3.63) is 12.2 Å². The van der Waals surface area contributed by atoms with Crippen LogP contribution < -0.4 is 5.73 Å². The number of aliphatic hydroxyl groups excluding tert-OH is 2. The molecule has 0 saturated carbocycles. The molecular weight excluding hydrogens is 805 g/mol. The smallest absolute Gasteiger partial charge is 0.504 e. The molecule has 62 heavy (non-hydrogen) atoms. The average molecular weight is 880 g/mol. The highest BCUT2D eigenvalue weighted by molar-refractivity contribution is 6.56. The van der Waals surface area contributed by atoms with Crippen LogP contribution in [-0.2, 0) is 61.4 Å². The monoisotopic (exact) mass is 880 g/mol. The first-order valence-corrected chi connectivity index (χ1v) is 23.4. The van der Waals surface area contributed by atoms with Crippen molar-refractivity contribution in [3.8, 4) is 0 Å². The number of ether oxygens (including phenoxy) is 6. The largest absolute Gasteiger partial charge is 0.536 e. The Morgan fingerprint density at radius 2 is 1.34 bits per heavy atom. The molecule has 0 aromatic rings. The molecule has 5 N–H and O–H groups in total. The lowest BCUT2D eigenvalue weighted by Gasteiger charge is -2.52. The molecule has 6 fully saturated rings. The quantitative estimate of drug-likeness (QED) is 0.157. The van der Waals surface area contributed by atoms with Crippen molar-refractivity contribution in [2.45, 2.75) is 225 Å². The highest BCUT2D eigenvalue weighted by atomic mass is 17.0. The Kier molecular flexibility index (Phi) is 13.8. The molecule has 0 aromatic carbocycles. The third-order valence-electron chi connectivity index (χ3n) is 15.6. The van der Waals surface area contributed by atoms with E-state index in [1.54, 1.807) is 6.92 Å². The van der Waals surface area contributed by atoms with Gasteiger partial charge in [-0.15, -0.1) is 0 Å². The third kappa shape index (κ3) is 8.78. The molecule has 9 bridgehead atoms. The van der Waals surface area contributed by atoms with Crippen molar-refractivity contribution in [2.75, 3.05) is 0 Å². The number of cyclic esters (lactones) is 1. The Hall–Kier alpha value is -2.19.